The van der Waals surface area contributed by atoms with Crippen LogP contribution >= 0.6 is 11.6 Å². The highest BCUT2D eigenvalue weighted by Crippen LogP contribution is 2.29. The normalized spacial score (nSPS) is 17.5. The van der Waals surface area contributed by atoms with Gasteiger partial charge in [0.15, 0.2) is 0 Å². The summed E-state index contributed by atoms with van der Waals surface area (Å²) in [6.07, 6.45) is 4.71. The maximum atomic E-state index is 13.8. The molecule has 1 fully saturated rings. The van der Waals surface area contributed by atoms with Crippen molar-refractivity contribution in [1.82, 2.24) is 24.4 Å². The van der Waals surface area contributed by atoms with E-state index in [0.29, 0.717) is 19.4 Å². The van der Waals surface area contributed by atoms with Crippen molar-refractivity contribution in [2.24, 2.45) is 5.92 Å². The minimum atomic E-state index is -2.87. The van der Waals surface area contributed by atoms with Gasteiger partial charge in [-0.2, -0.15) is 0 Å². The number of halogens is 3. The number of alkyl halides is 2. The van der Waals surface area contributed by atoms with Crippen LogP contribution in [-0.2, 0) is 6.54 Å². The van der Waals surface area contributed by atoms with Crippen molar-refractivity contribution >= 4 is 39.3 Å². The molecule has 5 aromatic rings. The Hall–Kier alpha value is -4.11. The zero-order chi connectivity index (χ0) is 27.8. The van der Waals surface area contributed by atoms with Gasteiger partial charge >= 0.3 is 5.69 Å². The van der Waals surface area contributed by atoms with E-state index in [0.717, 1.165) is 46.5 Å². The molecule has 0 atom stereocenters. The monoisotopic (exact) mass is 561 g/mol. The molecule has 0 radical (unpaired) electrons. The van der Waals surface area contributed by atoms with Crippen molar-refractivity contribution in [3.05, 3.63) is 100.0 Å². The fourth-order valence-electron chi connectivity index (χ4n) is 5.66. The van der Waals surface area contributed by atoms with E-state index in [4.69, 9.17) is 11.6 Å². The lowest BCUT2D eigenvalue weighted by Crippen LogP contribution is -2.39. The van der Waals surface area contributed by atoms with Gasteiger partial charge in [0.25, 0.3) is 12.3 Å². The first-order valence-electron chi connectivity index (χ1n) is 13.2. The smallest absolute Gasteiger partial charge is 0.333 e. The minimum absolute atomic E-state index is 0.0991. The summed E-state index contributed by atoms with van der Waals surface area (Å²) in [5, 5.41) is 5.01. The number of hydrogen-bond acceptors (Lipinski definition) is 4. The molecule has 2 aromatic carbocycles. The van der Waals surface area contributed by atoms with Crippen molar-refractivity contribution < 1.29 is 13.6 Å². The predicted molar refractivity (Wildman–Crippen MR) is 150 cm³/mol. The number of para-hydroxylation sites is 2. The number of carbonyl (C=O) groups is 1. The predicted octanol–water partition coefficient (Wildman–Crippen LogP) is 6.32. The Labute approximate surface area is 233 Å². The highest BCUT2D eigenvalue weighted by Gasteiger charge is 2.27. The molecule has 0 unspecified atom stereocenters. The Kier molecular flexibility index (Phi) is 7.06. The Bertz CT molecular complexity index is 1780. The molecule has 0 saturated heterocycles. The molecule has 40 heavy (non-hydrogen) atoms. The SMILES string of the molecule is O=C(N[C@H]1CC[C@H](Cn2c(=O)n(-c3ccc4cnccc4c3)c3ccccc32)CC1)c1cc(Cl)cnc1C(F)F. The minimum Gasteiger partial charge on any atom is -0.349 e. The number of fused-ring (bicyclic) bond motifs is 2. The molecule has 0 bridgehead atoms. The van der Waals surface area contributed by atoms with Crippen molar-refractivity contribution in [1.29, 1.82) is 0 Å². The zero-order valence-corrected chi connectivity index (χ0v) is 22.2. The van der Waals surface area contributed by atoms with Gasteiger partial charge in [0, 0.05) is 36.6 Å². The van der Waals surface area contributed by atoms with E-state index in [-0.39, 0.29) is 28.2 Å². The fraction of sp³-hybridized carbons (Fsp3) is 0.267. The van der Waals surface area contributed by atoms with Gasteiger partial charge in [-0.1, -0.05) is 29.8 Å². The molecule has 7 nitrogen and oxygen atoms in total. The summed E-state index contributed by atoms with van der Waals surface area (Å²) in [6.45, 7) is 0.554. The van der Waals surface area contributed by atoms with E-state index < -0.39 is 18.0 Å². The first kappa shape index (κ1) is 26.1. The zero-order valence-electron chi connectivity index (χ0n) is 21.4. The Balaban J connectivity index is 1.19. The van der Waals surface area contributed by atoms with E-state index in [1.807, 2.05) is 53.1 Å². The van der Waals surface area contributed by atoms with Crippen molar-refractivity contribution in [3.8, 4) is 5.69 Å². The molecule has 1 amide bonds. The van der Waals surface area contributed by atoms with E-state index in [9.17, 15) is 18.4 Å². The first-order chi connectivity index (χ1) is 19.4. The second-order valence-corrected chi connectivity index (χ2v) is 10.6. The number of aromatic nitrogens is 4. The molecular formula is C30H26ClF2N5O2. The largest absolute Gasteiger partial charge is 0.349 e. The number of carbonyl (C=O) groups excluding carboxylic acids is 1. The molecule has 1 aliphatic carbocycles. The van der Waals surface area contributed by atoms with E-state index in [2.05, 4.69) is 15.3 Å². The van der Waals surface area contributed by atoms with Gasteiger partial charge in [0.05, 0.1) is 27.3 Å². The third-order valence-corrected chi connectivity index (χ3v) is 7.88. The summed E-state index contributed by atoms with van der Waals surface area (Å²) in [5.41, 5.74) is 1.63. The Morgan fingerprint density at radius 1 is 1.00 bits per heavy atom. The second-order valence-electron chi connectivity index (χ2n) is 10.2. The van der Waals surface area contributed by atoms with Crippen LogP contribution in [0.2, 0.25) is 5.02 Å². The molecule has 204 valence electrons. The standard InChI is InChI=1S/C30H26ClF2N5O2/c31-21-14-24(27(28(32)33)35-16-21)29(39)36-22-8-5-18(6-9-22)17-37-25-3-1-2-4-26(25)38(30(37)40)23-10-7-20-15-34-12-11-19(20)13-23/h1-4,7,10-16,18,22,28H,5-6,8-9,17H2,(H,36,39)/t18-,22-. The summed E-state index contributed by atoms with van der Waals surface area (Å²) in [6, 6.07) is 16.7. The molecule has 10 heteroatoms. The first-order valence-corrected chi connectivity index (χ1v) is 13.6. The van der Waals surface area contributed by atoms with Crippen LogP contribution in [0, 0.1) is 5.92 Å². The summed E-state index contributed by atoms with van der Waals surface area (Å²) >= 11 is 5.91. The maximum Gasteiger partial charge on any atom is 0.333 e. The number of hydrogen-bond donors (Lipinski definition) is 1. The third-order valence-electron chi connectivity index (χ3n) is 7.68. The van der Waals surface area contributed by atoms with E-state index in [1.165, 1.54) is 6.07 Å². The lowest BCUT2D eigenvalue weighted by molar-refractivity contribution is 0.0904. The average Bonchev–Trinajstić information content (AvgIpc) is 3.24. The van der Waals surface area contributed by atoms with Crippen LogP contribution < -0.4 is 11.0 Å². The summed E-state index contributed by atoms with van der Waals surface area (Å²) in [5.74, 6) is -0.364. The van der Waals surface area contributed by atoms with Crippen LogP contribution in [0.1, 0.15) is 48.2 Å². The van der Waals surface area contributed by atoms with Gasteiger partial charge in [-0.15, -0.1) is 0 Å². The van der Waals surface area contributed by atoms with Gasteiger partial charge in [-0.25, -0.2) is 13.6 Å². The molecule has 1 aliphatic rings. The van der Waals surface area contributed by atoms with Gasteiger partial charge in [-0.05, 0) is 73.4 Å². The highest BCUT2D eigenvalue weighted by atomic mass is 35.5. The maximum absolute atomic E-state index is 13.8. The molecule has 3 heterocycles. The fourth-order valence-corrected chi connectivity index (χ4v) is 5.82. The second kappa shape index (κ2) is 10.8. The molecule has 0 spiro atoms. The number of pyridine rings is 2. The summed E-state index contributed by atoms with van der Waals surface area (Å²) in [4.78, 5) is 34.3. The van der Waals surface area contributed by atoms with E-state index in [1.54, 1.807) is 17.0 Å². The quantitative estimate of drug-likeness (QED) is 0.263. The number of nitrogens with zero attached hydrogens (tertiary/aromatic N) is 4. The lowest BCUT2D eigenvalue weighted by atomic mass is 9.85. The van der Waals surface area contributed by atoms with Crippen molar-refractivity contribution in [3.63, 3.8) is 0 Å². The van der Waals surface area contributed by atoms with Gasteiger partial charge in [0.1, 0.15) is 5.69 Å². The van der Waals surface area contributed by atoms with Crippen LogP contribution in [0.5, 0.6) is 0 Å². The number of benzene rings is 2. The van der Waals surface area contributed by atoms with Crippen LogP contribution in [0.15, 0.2) is 78.0 Å². The molecule has 6 rings (SSSR count). The van der Waals surface area contributed by atoms with Crippen LogP contribution in [0.3, 0.4) is 0 Å². The van der Waals surface area contributed by atoms with Gasteiger partial charge in [0.2, 0.25) is 0 Å². The molecular weight excluding hydrogens is 536 g/mol. The van der Waals surface area contributed by atoms with Crippen LogP contribution in [0.4, 0.5) is 8.78 Å². The van der Waals surface area contributed by atoms with Gasteiger partial charge < -0.3 is 5.32 Å². The summed E-state index contributed by atoms with van der Waals surface area (Å²) in [7, 11) is 0. The third kappa shape index (κ3) is 4.97. The lowest BCUT2D eigenvalue weighted by Gasteiger charge is -2.29. The number of rotatable bonds is 6. The van der Waals surface area contributed by atoms with Crippen molar-refractivity contribution in [2.45, 2.75) is 44.7 Å². The topological polar surface area (TPSA) is 81.8 Å². The molecule has 1 N–H and O–H groups in total. The number of imidazole rings is 1. The Morgan fingerprint density at radius 2 is 1.77 bits per heavy atom. The molecule has 1 saturated carbocycles. The molecule has 0 aliphatic heterocycles. The Morgan fingerprint density at radius 3 is 2.55 bits per heavy atom. The van der Waals surface area contributed by atoms with Crippen molar-refractivity contribution in [2.75, 3.05) is 0 Å². The van der Waals surface area contributed by atoms with Crippen LogP contribution in [-0.4, -0.2) is 31.1 Å². The summed E-state index contributed by atoms with van der Waals surface area (Å²) < 4.78 is 30.3. The average molecular weight is 562 g/mol. The van der Waals surface area contributed by atoms with Gasteiger partial charge in [-0.3, -0.25) is 23.9 Å². The number of nitrogens with one attached hydrogen (secondary N) is 1. The highest BCUT2D eigenvalue weighted by molar-refractivity contribution is 6.30. The molecule has 3 aromatic heterocycles. The van der Waals surface area contributed by atoms with E-state index >= 15 is 0 Å². The van der Waals surface area contributed by atoms with Crippen LogP contribution in [0.25, 0.3) is 27.5 Å². The number of amides is 1.